The molecule has 0 radical (unpaired) electrons. The Balaban J connectivity index is 2.42. The van der Waals surface area contributed by atoms with Crippen molar-refractivity contribution in [2.24, 2.45) is 5.92 Å². The molecule has 0 spiro atoms. The highest BCUT2D eigenvalue weighted by molar-refractivity contribution is 6.29. The van der Waals surface area contributed by atoms with E-state index in [1.165, 1.54) is 6.42 Å². The molecule has 1 aliphatic carbocycles. The van der Waals surface area contributed by atoms with E-state index in [1.54, 1.807) is 7.11 Å². The maximum absolute atomic E-state index is 6.16. The number of nitrogens with zero attached hydrogens (tertiary/aromatic N) is 2. The van der Waals surface area contributed by atoms with E-state index in [0.717, 1.165) is 30.8 Å². The van der Waals surface area contributed by atoms with Crippen molar-refractivity contribution in [1.82, 2.24) is 9.97 Å². The molecule has 1 aromatic heterocycles. The predicted molar refractivity (Wildman–Crippen MR) is 77.5 cm³/mol. The second-order valence-corrected chi connectivity index (χ2v) is 6.38. The van der Waals surface area contributed by atoms with E-state index in [4.69, 9.17) is 21.3 Å². The molecule has 4 heteroatoms. The first-order valence-corrected chi connectivity index (χ1v) is 7.45. The molecule has 1 aliphatic rings. The number of ether oxygens (including phenoxy) is 1. The van der Waals surface area contributed by atoms with Crippen LogP contribution >= 0.6 is 11.6 Å². The number of rotatable bonds is 3. The summed E-state index contributed by atoms with van der Waals surface area (Å²) in [5.74, 6) is 1.74. The van der Waals surface area contributed by atoms with Crippen molar-refractivity contribution in [3.8, 4) is 0 Å². The molecular weight excluding hydrogens is 260 g/mol. The molecule has 1 fully saturated rings. The molecule has 3 nitrogen and oxygen atoms in total. The number of halogens is 1. The number of aromatic nitrogens is 2. The second kappa shape index (κ2) is 5.76. The summed E-state index contributed by atoms with van der Waals surface area (Å²) < 4.78 is 5.84. The molecule has 0 amide bonds. The molecule has 2 atom stereocenters. The first kappa shape index (κ1) is 14.7. The quantitative estimate of drug-likeness (QED) is 0.775. The highest BCUT2D eigenvalue weighted by Crippen LogP contribution is 2.41. The van der Waals surface area contributed by atoms with Gasteiger partial charge >= 0.3 is 0 Å². The van der Waals surface area contributed by atoms with Crippen LogP contribution in [0.2, 0.25) is 5.15 Å². The van der Waals surface area contributed by atoms with Crippen molar-refractivity contribution in [1.29, 1.82) is 0 Å². The Bertz CT molecular complexity index is 450. The first-order valence-electron chi connectivity index (χ1n) is 7.07. The number of methoxy groups -OCH3 is 1. The predicted octanol–water partition coefficient (Wildman–Crippen LogP) is 4.31. The van der Waals surface area contributed by atoms with Crippen molar-refractivity contribution in [2.45, 2.75) is 58.0 Å². The van der Waals surface area contributed by atoms with Crippen molar-refractivity contribution in [2.75, 3.05) is 7.11 Å². The summed E-state index contributed by atoms with van der Waals surface area (Å²) in [7, 11) is 1.76. The van der Waals surface area contributed by atoms with Gasteiger partial charge in [-0.1, -0.05) is 38.8 Å². The van der Waals surface area contributed by atoms with Crippen LogP contribution in [0.1, 0.15) is 63.9 Å². The molecule has 0 aliphatic heterocycles. The van der Waals surface area contributed by atoms with E-state index < -0.39 is 0 Å². The SMILES string of the molecule is COC1(c2nc(Cl)cc(C(C)C)n2)CCCC(C)C1. The summed E-state index contributed by atoms with van der Waals surface area (Å²) in [6, 6.07) is 1.85. The average Bonchev–Trinajstić information content (AvgIpc) is 2.37. The maximum Gasteiger partial charge on any atom is 0.162 e. The smallest absolute Gasteiger partial charge is 0.162 e. The van der Waals surface area contributed by atoms with Crippen molar-refractivity contribution >= 4 is 11.6 Å². The normalized spacial score (nSPS) is 27.8. The fourth-order valence-electron chi connectivity index (χ4n) is 2.92. The highest BCUT2D eigenvalue weighted by atomic mass is 35.5. The summed E-state index contributed by atoms with van der Waals surface area (Å²) in [4.78, 5) is 9.16. The van der Waals surface area contributed by atoms with Gasteiger partial charge in [-0.15, -0.1) is 0 Å². The molecule has 0 bridgehead atoms. The third-order valence-electron chi connectivity index (χ3n) is 4.06. The lowest BCUT2D eigenvalue weighted by Crippen LogP contribution is -2.36. The van der Waals surface area contributed by atoms with Gasteiger partial charge in [-0.2, -0.15) is 0 Å². The van der Waals surface area contributed by atoms with Crippen LogP contribution in [0.3, 0.4) is 0 Å². The fourth-order valence-corrected chi connectivity index (χ4v) is 3.11. The van der Waals surface area contributed by atoms with Crippen LogP contribution in [0.15, 0.2) is 6.07 Å². The second-order valence-electron chi connectivity index (χ2n) is 5.99. The molecule has 106 valence electrons. The lowest BCUT2D eigenvalue weighted by molar-refractivity contribution is -0.0647. The van der Waals surface area contributed by atoms with E-state index >= 15 is 0 Å². The summed E-state index contributed by atoms with van der Waals surface area (Å²) in [5, 5.41) is 0.517. The van der Waals surface area contributed by atoms with E-state index in [1.807, 2.05) is 6.07 Å². The average molecular weight is 283 g/mol. The van der Waals surface area contributed by atoms with E-state index in [-0.39, 0.29) is 5.60 Å². The van der Waals surface area contributed by atoms with E-state index in [9.17, 15) is 0 Å². The van der Waals surface area contributed by atoms with E-state index in [0.29, 0.717) is 17.0 Å². The van der Waals surface area contributed by atoms with Gasteiger partial charge in [0, 0.05) is 12.8 Å². The zero-order valence-electron chi connectivity index (χ0n) is 12.2. The third kappa shape index (κ3) is 3.09. The largest absolute Gasteiger partial charge is 0.370 e. The standard InChI is InChI=1S/C15H23ClN2O/c1-10(2)12-8-13(16)18-14(17-12)15(19-4)7-5-6-11(3)9-15/h8,10-11H,5-7,9H2,1-4H3. The summed E-state index contributed by atoms with van der Waals surface area (Å²) >= 11 is 6.16. The van der Waals surface area contributed by atoms with Crippen LogP contribution in [0, 0.1) is 5.92 Å². The van der Waals surface area contributed by atoms with Crippen LogP contribution in [-0.2, 0) is 10.3 Å². The Morgan fingerprint density at radius 3 is 2.74 bits per heavy atom. The molecule has 2 unspecified atom stereocenters. The van der Waals surface area contributed by atoms with Crippen LogP contribution < -0.4 is 0 Å². The number of hydrogen-bond donors (Lipinski definition) is 0. The lowest BCUT2D eigenvalue weighted by atomic mass is 9.78. The van der Waals surface area contributed by atoms with Crippen molar-refractivity contribution in [3.05, 3.63) is 22.7 Å². The number of hydrogen-bond acceptors (Lipinski definition) is 3. The Morgan fingerprint density at radius 1 is 1.42 bits per heavy atom. The Labute approximate surface area is 120 Å². The van der Waals surface area contributed by atoms with Crippen molar-refractivity contribution < 1.29 is 4.74 Å². The molecule has 0 N–H and O–H groups in total. The van der Waals surface area contributed by atoms with Crippen LogP contribution in [0.25, 0.3) is 0 Å². The van der Waals surface area contributed by atoms with Gasteiger partial charge in [0.15, 0.2) is 5.82 Å². The monoisotopic (exact) mass is 282 g/mol. The van der Waals surface area contributed by atoms with Gasteiger partial charge in [-0.05, 0) is 37.2 Å². The summed E-state index contributed by atoms with van der Waals surface area (Å²) in [6.07, 6.45) is 4.36. The van der Waals surface area contributed by atoms with Gasteiger partial charge in [0.05, 0.1) is 0 Å². The first-order chi connectivity index (χ1) is 8.97. The van der Waals surface area contributed by atoms with Gasteiger partial charge in [0.2, 0.25) is 0 Å². The molecule has 2 rings (SSSR count). The molecule has 19 heavy (non-hydrogen) atoms. The summed E-state index contributed by atoms with van der Waals surface area (Å²) in [5.41, 5.74) is 0.635. The van der Waals surface area contributed by atoms with Gasteiger partial charge in [-0.3, -0.25) is 0 Å². The van der Waals surface area contributed by atoms with E-state index in [2.05, 4.69) is 25.8 Å². The molecule has 1 heterocycles. The molecule has 1 saturated carbocycles. The molecule has 1 aromatic rings. The topological polar surface area (TPSA) is 35.0 Å². The van der Waals surface area contributed by atoms with Crippen LogP contribution in [0.4, 0.5) is 0 Å². The highest BCUT2D eigenvalue weighted by Gasteiger charge is 2.39. The van der Waals surface area contributed by atoms with Gasteiger partial charge in [-0.25, -0.2) is 9.97 Å². The van der Waals surface area contributed by atoms with Gasteiger partial charge in [0.1, 0.15) is 10.8 Å². The van der Waals surface area contributed by atoms with Crippen LogP contribution in [-0.4, -0.2) is 17.1 Å². The van der Waals surface area contributed by atoms with Crippen molar-refractivity contribution in [3.63, 3.8) is 0 Å². The lowest BCUT2D eigenvalue weighted by Gasteiger charge is -2.37. The Morgan fingerprint density at radius 2 is 2.16 bits per heavy atom. The van der Waals surface area contributed by atoms with Gasteiger partial charge in [0.25, 0.3) is 0 Å². The minimum Gasteiger partial charge on any atom is -0.370 e. The fraction of sp³-hybridized carbons (Fsp3) is 0.733. The minimum absolute atomic E-state index is 0.342. The van der Waals surface area contributed by atoms with Crippen LogP contribution in [0.5, 0.6) is 0 Å². The zero-order valence-corrected chi connectivity index (χ0v) is 13.0. The Hall–Kier alpha value is -0.670. The molecule has 0 aromatic carbocycles. The van der Waals surface area contributed by atoms with Gasteiger partial charge < -0.3 is 4.74 Å². The zero-order chi connectivity index (χ0) is 14.0. The maximum atomic E-state index is 6.16. The molecule has 0 saturated heterocycles. The summed E-state index contributed by atoms with van der Waals surface area (Å²) in [6.45, 7) is 6.50. The third-order valence-corrected chi connectivity index (χ3v) is 4.25. The minimum atomic E-state index is -0.355. The molecular formula is C15H23ClN2O. The Kier molecular flexibility index (Phi) is 4.46.